The number of fused-ring (bicyclic) bond motifs is 1. The minimum absolute atomic E-state index is 0.148. The second-order valence-electron chi connectivity index (χ2n) is 7.42. The van der Waals surface area contributed by atoms with Crippen LogP contribution in [0.15, 0.2) is 77.6 Å². The molecule has 8 heteroatoms. The van der Waals surface area contributed by atoms with Gasteiger partial charge in [0.05, 0.1) is 11.8 Å². The average molecular weight is 434 g/mol. The molecule has 0 aliphatic heterocycles. The normalized spacial score (nSPS) is 10.8. The van der Waals surface area contributed by atoms with Gasteiger partial charge in [0.15, 0.2) is 5.82 Å². The maximum absolute atomic E-state index is 13.4. The predicted octanol–water partition coefficient (Wildman–Crippen LogP) is 3.62. The first-order chi connectivity index (χ1) is 15.4. The largest absolute Gasteiger partial charge is 0.353 e. The third-order valence-electron chi connectivity index (χ3n) is 4.93. The van der Waals surface area contributed by atoms with Crippen molar-refractivity contribution in [1.82, 2.24) is 9.89 Å². The summed E-state index contributed by atoms with van der Waals surface area (Å²) >= 11 is 0. The molecule has 0 saturated heterocycles. The van der Waals surface area contributed by atoms with Crippen LogP contribution in [0, 0.1) is 11.6 Å². The molecule has 6 nitrogen and oxygen atoms in total. The number of carbonyl (C=O) groups is 1. The Bertz CT molecular complexity index is 1320. The van der Waals surface area contributed by atoms with Crippen molar-refractivity contribution in [1.29, 1.82) is 0 Å². The summed E-state index contributed by atoms with van der Waals surface area (Å²) in [6.45, 7) is 0.534. The lowest BCUT2D eigenvalue weighted by Crippen LogP contribution is -2.37. The van der Waals surface area contributed by atoms with Crippen molar-refractivity contribution in [2.24, 2.45) is 0 Å². The maximum atomic E-state index is 13.4. The highest BCUT2D eigenvalue weighted by Crippen LogP contribution is 2.22. The van der Waals surface area contributed by atoms with Crippen molar-refractivity contribution < 1.29 is 13.6 Å². The summed E-state index contributed by atoms with van der Waals surface area (Å²) in [6, 6.07) is 19.6. The highest BCUT2D eigenvalue weighted by atomic mass is 19.1. The molecule has 1 amide bonds. The highest BCUT2D eigenvalue weighted by Gasteiger charge is 2.16. The molecule has 4 rings (SSSR count). The van der Waals surface area contributed by atoms with Gasteiger partial charge in [0, 0.05) is 25.0 Å². The van der Waals surface area contributed by atoms with Crippen LogP contribution in [-0.4, -0.2) is 22.8 Å². The predicted molar refractivity (Wildman–Crippen MR) is 119 cm³/mol. The van der Waals surface area contributed by atoms with E-state index in [2.05, 4.69) is 10.5 Å². The number of halogens is 2. The molecule has 0 bridgehead atoms. The molecule has 0 aliphatic rings. The van der Waals surface area contributed by atoms with Gasteiger partial charge in [0.2, 0.25) is 5.91 Å². The van der Waals surface area contributed by atoms with E-state index in [1.807, 2.05) is 48.3 Å². The number of rotatable bonds is 6. The lowest BCUT2D eigenvalue weighted by atomic mass is 10.1. The number of anilines is 1. The molecule has 0 saturated carbocycles. The molecule has 0 radical (unpaired) electrons. The molecule has 162 valence electrons. The fourth-order valence-corrected chi connectivity index (χ4v) is 3.52. The maximum Gasteiger partial charge on any atom is 0.294 e. The molecule has 1 heterocycles. The standard InChI is InChI=1S/C24H20F2N4O2/c1-29(15-16-7-3-2-4-8-16)23-20-9-5-6-10-21(20)24(32)30(28-23)27-22(31)13-17-11-18(25)14-19(26)12-17/h2-12,14H,13,15H2,1H3,(H,27,31). The Hall–Kier alpha value is -4.07. The van der Waals surface area contributed by atoms with Crippen LogP contribution in [0.3, 0.4) is 0 Å². The first-order valence-corrected chi connectivity index (χ1v) is 9.92. The fraction of sp³-hybridized carbons (Fsp3) is 0.125. The van der Waals surface area contributed by atoms with Gasteiger partial charge in [-0.15, -0.1) is 9.89 Å². The second-order valence-corrected chi connectivity index (χ2v) is 7.42. The molecule has 0 spiro atoms. The Kier molecular flexibility index (Phi) is 5.93. The summed E-state index contributed by atoms with van der Waals surface area (Å²) in [5, 5.41) is 5.39. The zero-order chi connectivity index (χ0) is 22.7. The Morgan fingerprint density at radius 3 is 2.25 bits per heavy atom. The third-order valence-corrected chi connectivity index (χ3v) is 4.93. The minimum atomic E-state index is -0.779. The topological polar surface area (TPSA) is 67.2 Å². The van der Waals surface area contributed by atoms with Crippen molar-refractivity contribution >= 4 is 22.5 Å². The summed E-state index contributed by atoms with van der Waals surface area (Å²) in [5.41, 5.74) is 3.13. The van der Waals surface area contributed by atoms with E-state index in [9.17, 15) is 18.4 Å². The van der Waals surface area contributed by atoms with Crippen LogP contribution in [0.5, 0.6) is 0 Å². The zero-order valence-corrected chi connectivity index (χ0v) is 17.3. The molecule has 32 heavy (non-hydrogen) atoms. The highest BCUT2D eigenvalue weighted by molar-refractivity contribution is 5.92. The van der Waals surface area contributed by atoms with Gasteiger partial charge in [-0.25, -0.2) is 14.2 Å². The summed E-state index contributed by atoms with van der Waals surface area (Å²) in [7, 11) is 1.84. The summed E-state index contributed by atoms with van der Waals surface area (Å²) in [4.78, 5) is 28.1. The first-order valence-electron chi connectivity index (χ1n) is 9.92. The number of carbonyl (C=O) groups excluding carboxylic acids is 1. The van der Waals surface area contributed by atoms with Crippen LogP contribution < -0.4 is 15.9 Å². The van der Waals surface area contributed by atoms with Crippen LogP contribution in [0.1, 0.15) is 11.1 Å². The number of amides is 1. The number of hydrogen-bond donors (Lipinski definition) is 1. The van der Waals surface area contributed by atoms with E-state index >= 15 is 0 Å². The zero-order valence-electron chi connectivity index (χ0n) is 17.3. The van der Waals surface area contributed by atoms with E-state index in [0.29, 0.717) is 23.1 Å². The van der Waals surface area contributed by atoms with Gasteiger partial charge in [-0.05, 0) is 29.3 Å². The van der Waals surface area contributed by atoms with Gasteiger partial charge < -0.3 is 4.90 Å². The fourth-order valence-electron chi connectivity index (χ4n) is 3.52. The summed E-state index contributed by atoms with van der Waals surface area (Å²) < 4.78 is 26.8. The molecule has 0 unspecified atom stereocenters. The van der Waals surface area contributed by atoms with Gasteiger partial charge in [0.1, 0.15) is 11.6 Å². The van der Waals surface area contributed by atoms with E-state index in [1.54, 1.807) is 18.2 Å². The lowest BCUT2D eigenvalue weighted by Gasteiger charge is -2.21. The van der Waals surface area contributed by atoms with Crippen LogP contribution in [0.2, 0.25) is 0 Å². The van der Waals surface area contributed by atoms with E-state index in [4.69, 9.17) is 0 Å². The number of nitrogens with zero attached hydrogens (tertiary/aromatic N) is 3. The summed E-state index contributed by atoms with van der Waals surface area (Å²) in [5.74, 6) is -1.69. The molecule has 1 aromatic heterocycles. The van der Waals surface area contributed by atoms with Crippen LogP contribution in [0.4, 0.5) is 14.6 Å². The molecule has 0 aliphatic carbocycles. The van der Waals surface area contributed by atoms with Gasteiger partial charge in [0.25, 0.3) is 5.56 Å². The Labute approximate surface area is 182 Å². The van der Waals surface area contributed by atoms with E-state index in [1.165, 1.54) is 0 Å². The minimum Gasteiger partial charge on any atom is -0.353 e. The number of aromatic nitrogens is 2. The van der Waals surface area contributed by atoms with Crippen molar-refractivity contribution in [2.45, 2.75) is 13.0 Å². The molecular weight excluding hydrogens is 414 g/mol. The van der Waals surface area contributed by atoms with E-state index < -0.39 is 23.1 Å². The smallest absolute Gasteiger partial charge is 0.294 e. The van der Waals surface area contributed by atoms with Crippen molar-refractivity contribution in [3.05, 3.63) is 106 Å². The molecule has 0 atom stereocenters. The van der Waals surface area contributed by atoms with Crippen molar-refractivity contribution in [3.8, 4) is 0 Å². The average Bonchev–Trinajstić information content (AvgIpc) is 2.75. The Balaban J connectivity index is 1.66. The van der Waals surface area contributed by atoms with Crippen molar-refractivity contribution in [3.63, 3.8) is 0 Å². The van der Waals surface area contributed by atoms with Crippen LogP contribution in [0.25, 0.3) is 10.8 Å². The van der Waals surface area contributed by atoms with E-state index in [0.717, 1.165) is 28.6 Å². The molecule has 4 aromatic rings. The van der Waals surface area contributed by atoms with Gasteiger partial charge >= 0.3 is 0 Å². The van der Waals surface area contributed by atoms with Crippen LogP contribution >= 0.6 is 0 Å². The second kappa shape index (κ2) is 8.97. The number of benzene rings is 3. The number of nitrogens with one attached hydrogen (secondary N) is 1. The Morgan fingerprint density at radius 1 is 0.938 bits per heavy atom. The van der Waals surface area contributed by atoms with Gasteiger partial charge in [-0.2, -0.15) is 0 Å². The van der Waals surface area contributed by atoms with Gasteiger partial charge in [-0.3, -0.25) is 9.59 Å². The van der Waals surface area contributed by atoms with Gasteiger partial charge in [-0.1, -0.05) is 48.5 Å². The Morgan fingerprint density at radius 2 is 1.56 bits per heavy atom. The monoisotopic (exact) mass is 434 g/mol. The van der Waals surface area contributed by atoms with Crippen LogP contribution in [-0.2, 0) is 17.8 Å². The quantitative estimate of drug-likeness (QED) is 0.503. The third kappa shape index (κ3) is 4.64. The van der Waals surface area contributed by atoms with E-state index in [-0.39, 0.29) is 12.0 Å². The lowest BCUT2D eigenvalue weighted by molar-refractivity contribution is -0.116. The summed E-state index contributed by atoms with van der Waals surface area (Å²) in [6.07, 6.45) is -0.315. The number of hydrogen-bond acceptors (Lipinski definition) is 4. The molecule has 3 aromatic carbocycles. The van der Waals surface area contributed by atoms with Crippen molar-refractivity contribution in [2.75, 3.05) is 17.4 Å². The SMILES string of the molecule is CN(Cc1ccccc1)c1nn(NC(=O)Cc2cc(F)cc(F)c2)c(=O)c2ccccc12. The molecular formula is C24H20F2N4O2. The molecule has 1 N–H and O–H groups in total. The first kappa shape index (κ1) is 21.2. The molecule has 0 fully saturated rings.